The van der Waals surface area contributed by atoms with Crippen LogP contribution in [0.3, 0.4) is 0 Å². The van der Waals surface area contributed by atoms with Gasteiger partial charge < -0.3 is 4.42 Å². The van der Waals surface area contributed by atoms with Gasteiger partial charge in [0.2, 0.25) is 0 Å². The lowest BCUT2D eigenvalue weighted by Gasteiger charge is -2.13. The first kappa shape index (κ1) is 29.5. The summed E-state index contributed by atoms with van der Waals surface area (Å²) in [6, 6.07) is 56.7. The van der Waals surface area contributed by atoms with Crippen LogP contribution in [0.1, 0.15) is 0 Å². The van der Waals surface area contributed by atoms with Crippen LogP contribution >= 0.6 is 0 Å². The van der Waals surface area contributed by atoms with Gasteiger partial charge in [0.1, 0.15) is 11.2 Å². The smallest absolute Gasteiger partial charge is 0.166 e. The fourth-order valence-electron chi connectivity index (χ4n) is 7.89. The Morgan fingerprint density at radius 2 is 1.02 bits per heavy atom. The predicted octanol–water partition coefficient (Wildman–Crippen LogP) is 12.4. The zero-order chi connectivity index (χ0) is 34.9. The highest BCUT2D eigenvalue weighted by Crippen LogP contribution is 2.40. The van der Waals surface area contributed by atoms with Gasteiger partial charge in [-0.25, -0.2) is 15.0 Å². The van der Waals surface area contributed by atoms with Crippen LogP contribution in [0.25, 0.3) is 110 Å². The molecule has 0 unspecified atom stereocenters. The molecule has 53 heavy (non-hydrogen) atoms. The maximum absolute atomic E-state index is 6.24. The summed E-state index contributed by atoms with van der Waals surface area (Å²) in [5.74, 6) is 1.80. The summed E-state index contributed by atoms with van der Waals surface area (Å²) in [6.45, 7) is 0. The lowest BCUT2D eigenvalue weighted by Crippen LogP contribution is -2.01. The zero-order valence-electron chi connectivity index (χ0n) is 28.4. The molecule has 0 fully saturated rings. The zero-order valence-corrected chi connectivity index (χ0v) is 28.4. The van der Waals surface area contributed by atoms with Crippen molar-refractivity contribution in [2.24, 2.45) is 0 Å². The van der Waals surface area contributed by atoms with Crippen molar-refractivity contribution in [2.75, 3.05) is 0 Å². The molecule has 0 saturated heterocycles. The van der Waals surface area contributed by atoms with E-state index in [4.69, 9.17) is 24.4 Å². The van der Waals surface area contributed by atoms with Gasteiger partial charge in [-0.3, -0.25) is 4.98 Å². The Morgan fingerprint density at radius 3 is 1.94 bits per heavy atom. The van der Waals surface area contributed by atoms with Crippen molar-refractivity contribution in [2.45, 2.75) is 0 Å². The number of hydrogen-bond acceptors (Lipinski definition) is 5. The van der Waals surface area contributed by atoms with Gasteiger partial charge in [0.15, 0.2) is 17.5 Å². The molecule has 11 rings (SSSR count). The Kier molecular flexibility index (Phi) is 6.48. The number of pyridine rings is 1. The molecule has 0 bridgehead atoms. The van der Waals surface area contributed by atoms with E-state index in [0.29, 0.717) is 17.5 Å². The van der Waals surface area contributed by atoms with Crippen molar-refractivity contribution in [3.63, 3.8) is 0 Å². The van der Waals surface area contributed by atoms with Gasteiger partial charge in [-0.05, 0) is 56.9 Å². The minimum atomic E-state index is 0.582. The second-order valence-corrected chi connectivity index (χ2v) is 13.4. The van der Waals surface area contributed by atoms with E-state index in [-0.39, 0.29) is 0 Å². The Labute approximate surface area is 303 Å². The van der Waals surface area contributed by atoms with Crippen molar-refractivity contribution in [1.29, 1.82) is 0 Å². The van der Waals surface area contributed by atoms with Gasteiger partial charge in [0.05, 0.1) is 5.52 Å². The molecular formula is C48H28N4O. The van der Waals surface area contributed by atoms with Gasteiger partial charge >= 0.3 is 0 Å². The molecule has 3 aromatic heterocycles. The molecule has 0 aliphatic rings. The molecule has 5 heteroatoms. The number of aromatic nitrogens is 4. The minimum Gasteiger partial charge on any atom is -0.456 e. The summed E-state index contributed by atoms with van der Waals surface area (Å²) >= 11 is 0. The Bertz CT molecular complexity index is 3240. The standard InChI is InChI=1S/C48H28N4O/c1-2-12-30(13-3-1)46-50-47(52-48(51-46)40-20-9-19-39-43-33(28-49-45(39)40)24-23-29-11-4-5-15-35(29)43)32-25-26-34-31(27-32)14-8-17-36(34)37-18-10-22-42-44(37)38-16-6-7-21-41(38)53-42/h1-28H. The highest BCUT2D eigenvalue weighted by Gasteiger charge is 2.18. The van der Waals surface area contributed by atoms with Crippen molar-refractivity contribution >= 4 is 65.2 Å². The van der Waals surface area contributed by atoms with E-state index in [1.54, 1.807) is 0 Å². The van der Waals surface area contributed by atoms with Crippen molar-refractivity contribution in [3.05, 3.63) is 170 Å². The molecule has 0 spiro atoms. The molecule has 3 heterocycles. The third-order valence-corrected chi connectivity index (χ3v) is 10.3. The first-order valence-electron chi connectivity index (χ1n) is 17.7. The second kappa shape index (κ2) is 11.7. The van der Waals surface area contributed by atoms with Crippen LogP contribution in [-0.2, 0) is 0 Å². The quantitative estimate of drug-likeness (QED) is 0.174. The van der Waals surface area contributed by atoms with E-state index in [1.807, 2.05) is 54.7 Å². The van der Waals surface area contributed by atoms with Crippen LogP contribution in [0.2, 0.25) is 0 Å². The number of nitrogens with zero attached hydrogens (tertiary/aromatic N) is 4. The maximum Gasteiger partial charge on any atom is 0.166 e. The molecular weight excluding hydrogens is 649 g/mol. The largest absolute Gasteiger partial charge is 0.456 e. The van der Waals surface area contributed by atoms with Crippen LogP contribution in [0.15, 0.2) is 174 Å². The van der Waals surface area contributed by atoms with Gasteiger partial charge in [-0.15, -0.1) is 0 Å². The molecule has 0 aliphatic heterocycles. The molecule has 0 saturated carbocycles. The SMILES string of the molecule is c1ccc(-c2nc(-c3ccc4c(-c5cccc6oc7ccccc7c56)cccc4c3)nc(-c3cccc4c3ncc3ccc5ccccc5c34)n2)cc1. The third kappa shape index (κ3) is 4.71. The summed E-state index contributed by atoms with van der Waals surface area (Å²) in [5.41, 5.74) is 7.61. The maximum atomic E-state index is 6.24. The molecule has 0 amide bonds. The number of benzene rings is 8. The summed E-state index contributed by atoms with van der Waals surface area (Å²) in [4.78, 5) is 20.3. The second-order valence-electron chi connectivity index (χ2n) is 13.4. The van der Waals surface area contributed by atoms with Crippen molar-refractivity contribution in [1.82, 2.24) is 19.9 Å². The summed E-state index contributed by atoms with van der Waals surface area (Å²) in [5, 5.41) is 10.2. The fourth-order valence-corrected chi connectivity index (χ4v) is 7.89. The first-order valence-corrected chi connectivity index (χ1v) is 17.7. The molecule has 5 nitrogen and oxygen atoms in total. The first-order chi connectivity index (χ1) is 26.3. The molecule has 8 aromatic carbocycles. The van der Waals surface area contributed by atoms with E-state index in [0.717, 1.165) is 76.8 Å². The molecule has 246 valence electrons. The average molecular weight is 677 g/mol. The van der Waals surface area contributed by atoms with Crippen LogP contribution in [0.5, 0.6) is 0 Å². The van der Waals surface area contributed by atoms with Crippen molar-refractivity contribution < 1.29 is 4.42 Å². The lowest BCUT2D eigenvalue weighted by molar-refractivity contribution is 0.669. The number of hydrogen-bond donors (Lipinski definition) is 0. The highest BCUT2D eigenvalue weighted by atomic mass is 16.3. The van der Waals surface area contributed by atoms with E-state index in [2.05, 4.69) is 115 Å². The highest BCUT2D eigenvalue weighted by molar-refractivity contribution is 6.21. The van der Waals surface area contributed by atoms with Gasteiger partial charge in [0, 0.05) is 49.8 Å². The van der Waals surface area contributed by atoms with Crippen LogP contribution in [0, 0.1) is 0 Å². The van der Waals surface area contributed by atoms with Gasteiger partial charge in [-0.2, -0.15) is 0 Å². The molecule has 0 atom stereocenters. The van der Waals surface area contributed by atoms with Gasteiger partial charge in [0.25, 0.3) is 0 Å². The third-order valence-electron chi connectivity index (χ3n) is 10.3. The van der Waals surface area contributed by atoms with Crippen LogP contribution in [-0.4, -0.2) is 19.9 Å². The monoisotopic (exact) mass is 676 g/mol. The van der Waals surface area contributed by atoms with E-state index < -0.39 is 0 Å². The van der Waals surface area contributed by atoms with Crippen LogP contribution < -0.4 is 0 Å². The Balaban J connectivity index is 1.11. The number of furan rings is 1. The Hall–Kier alpha value is -7.24. The topological polar surface area (TPSA) is 64.7 Å². The van der Waals surface area contributed by atoms with E-state index in [9.17, 15) is 0 Å². The van der Waals surface area contributed by atoms with Gasteiger partial charge in [-0.1, -0.05) is 140 Å². The van der Waals surface area contributed by atoms with Crippen molar-refractivity contribution in [3.8, 4) is 45.3 Å². The minimum absolute atomic E-state index is 0.582. The summed E-state index contributed by atoms with van der Waals surface area (Å²) < 4.78 is 6.24. The average Bonchev–Trinajstić information content (AvgIpc) is 3.62. The predicted molar refractivity (Wildman–Crippen MR) is 217 cm³/mol. The molecule has 0 aliphatic carbocycles. The molecule has 11 aromatic rings. The number of rotatable bonds is 4. The normalized spacial score (nSPS) is 11.8. The summed E-state index contributed by atoms with van der Waals surface area (Å²) in [6.07, 6.45) is 1.96. The van der Waals surface area contributed by atoms with Crippen LogP contribution in [0.4, 0.5) is 0 Å². The fraction of sp³-hybridized carbons (Fsp3) is 0. The van der Waals surface area contributed by atoms with E-state index in [1.165, 1.54) is 16.2 Å². The lowest BCUT2D eigenvalue weighted by atomic mass is 9.94. The molecule has 0 radical (unpaired) electrons. The van der Waals surface area contributed by atoms with E-state index >= 15 is 0 Å². The molecule has 0 N–H and O–H groups in total. The number of fused-ring (bicyclic) bond motifs is 9. The Morgan fingerprint density at radius 1 is 0.358 bits per heavy atom. The number of para-hydroxylation sites is 2. The summed E-state index contributed by atoms with van der Waals surface area (Å²) in [7, 11) is 0.